The lowest BCUT2D eigenvalue weighted by Crippen LogP contribution is -2.47. The van der Waals surface area contributed by atoms with Gasteiger partial charge in [-0.1, -0.05) is 30.3 Å². The second-order valence-corrected chi connectivity index (χ2v) is 6.01. The van der Waals surface area contributed by atoms with E-state index in [1.807, 2.05) is 13.1 Å². The molecule has 0 aromatic heterocycles. The molecule has 0 saturated heterocycles. The minimum Gasteiger partial charge on any atom is -0.507 e. The van der Waals surface area contributed by atoms with Crippen molar-refractivity contribution >= 4 is 13.0 Å². The van der Waals surface area contributed by atoms with Crippen molar-refractivity contribution < 1.29 is 19.9 Å². The average molecular weight is 342 g/mol. The quantitative estimate of drug-likeness (QED) is 0.479. The van der Waals surface area contributed by atoms with Gasteiger partial charge in [0.2, 0.25) is 0 Å². The van der Waals surface area contributed by atoms with Gasteiger partial charge < -0.3 is 25.8 Å². The number of hydrogen-bond acceptors (Lipinski definition) is 5. The molecule has 0 saturated carbocycles. The van der Waals surface area contributed by atoms with Gasteiger partial charge in [0.25, 0.3) is 5.91 Å². The summed E-state index contributed by atoms with van der Waals surface area (Å²) in [6.07, 6.45) is 0.104. The molecule has 1 amide bonds. The van der Waals surface area contributed by atoms with E-state index in [9.17, 15) is 19.9 Å². The number of hydrogen-bond donors (Lipinski definition) is 5. The molecule has 0 aliphatic carbocycles. The molecule has 2 aromatic carbocycles. The zero-order chi connectivity index (χ0) is 18.4. The topological polar surface area (TPSA) is 102 Å². The van der Waals surface area contributed by atoms with Gasteiger partial charge in [0, 0.05) is 12.1 Å². The van der Waals surface area contributed by atoms with Crippen molar-refractivity contribution in [2.24, 2.45) is 0 Å². The Morgan fingerprint density at radius 3 is 2.60 bits per heavy atom. The second-order valence-electron chi connectivity index (χ2n) is 6.01. The first-order chi connectivity index (χ1) is 11.9. The molecule has 132 valence electrons. The Morgan fingerprint density at radius 1 is 1.20 bits per heavy atom. The van der Waals surface area contributed by atoms with Crippen molar-refractivity contribution in [1.82, 2.24) is 10.6 Å². The first-order valence-electron chi connectivity index (χ1n) is 8.10. The largest absolute Gasteiger partial charge is 0.507 e. The lowest BCUT2D eigenvalue weighted by atomic mass is 9.75. The van der Waals surface area contributed by atoms with Gasteiger partial charge in [-0.05, 0) is 49.2 Å². The Bertz CT molecular complexity index is 737. The molecule has 5 N–H and O–H groups in total. The van der Waals surface area contributed by atoms with Crippen molar-refractivity contribution in [3.8, 4) is 5.75 Å². The van der Waals surface area contributed by atoms with Gasteiger partial charge in [-0.3, -0.25) is 4.79 Å². The van der Waals surface area contributed by atoms with Crippen LogP contribution in [0.15, 0.2) is 42.5 Å². The number of carbonyl (C=O) groups is 1. The number of rotatable bonds is 7. The fraction of sp³-hybridized carbons (Fsp3) is 0.278. The molecule has 1 atom stereocenters. The summed E-state index contributed by atoms with van der Waals surface area (Å²) in [5.74, 6) is -1.24. The molecule has 0 aliphatic heterocycles. The summed E-state index contributed by atoms with van der Waals surface area (Å²) < 4.78 is 0. The van der Waals surface area contributed by atoms with Crippen molar-refractivity contribution in [2.75, 3.05) is 7.05 Å². The third-order valence-corrected chi connectivity index (χ3v) is 4.01. The number of amides is 1. The Kier molecular flexibility index (Phi) is 6.58. The smallest absolute Gasteiger partial charge is 0.475 e. The molecule has 0 fully saturated rings. The van der Waals surface area contributed by atoms with Gasteiger partial charge in [0.15, 0.2) is 0 Å². The number of para-hydroxylation sites is 1. The number of phenols is 1. The highest BCUT2D eigenvalue weighted by molar-refractivity contribution is 6.43. The van der Waals surface area contributed by atoms with Gasteiger partial charge in [0.05, 0.1) is 5.94 Å². The molecule has 7 heteroatoms. The molecule has 0 heterocycles. The number of aromatic hydroxyl groups is 1. The monoisotopic (exact) mass is 342 g/mol. The van der Waals surface area contributed by atoms with Crippen molar-refractivity contribution in [3.05, 3.63) is 64.7 Å². The zero-order valence-corrected chi connectivity index (χ0v) is 14.4. The van der Waals surface area contributed by atoms with Gasteiger partial charge in [-0.25, -0.2) is 0 Å². The van der Waals surface area contributed by atoms with Gasteiger partial charge in [0.1, 0.15) is 5.75 Å². The molecule has 2 rings (SSSR count). The Balaban J connectivity index is 2.14. The maximum atomic E-state index is 12.4. The molecule has 0 bridgehead atoms. The van der Waals surface area contributed by atoms with E-state index in [2.05, 4.69) is 10.6 Å². The fourth-order valence-corrected chi connectivity index (χ4v) is 2.63. The zero-order valence-electron chi connectivity index (χ0n) is 14.4. The third-order valence-electron chi connectivity index (χ3n) is 4.01. The van der Waals surface area contributed by atoms with Crippen LogP contribution in [0.2, 0.25) is 0 Å². The van der Waals surface area contributed by atoms with E-state index in [1.165, 1.54) is 0 Å². The first-order valence-corrected chi connectivity index (χ1v) is 8.10. The van der Waals surface area contributed by atoms with E-state index < -0.39 is 19.0 Å². The normalized spacial score (nSPS) is 11.8. The summed E-state index contributed by atoms with van der Waals surface area (Å²) in [5, 5.41) is 35.0. The van der Waals surface area contributed by atoms with Crippen molar-refractivity contribution in [3.63, 3.8) is 0 Å². The number of aryl methyl sites for hydroxylation is 1. The number of nitrogens with one attached hydrogen (secondary N) is 2. The minimum atomic E-state index is -1.75. The second kappa shape index (κ2) is 8.66. The van der Waals surface area contributed by atoms with Crippen LogP contribution in [0.25, 0.3) is 0 Å². The van der Waals surface area contributed by atoms with Gasteiger partial charge >= 0.3 is 7.12 Å². The lowest BCUT2D eigenvalue weighted by molar-refractivity contribution is 0.0941. The highest BCUT2D eigenvalue weighted by atomic mass is 16.4. The van der Waals surface area contributed by atoms with Crippen LogP contribution in [0.5, 0.6) is 5.75 Å². The van der Waals surface area contributed by atoms with Crippen LogP contribution in [-0.4, -0.2) is 41.2 Å². The van der Waals surface area contributed by atoms with E-state index >= 15 is 0 Å². The molecule has 6 nitrogen and oxygen atoms in total. The summed E-state index contributed by atoms with van der Waals surface area (Å²) in [4.78, 5) is 12.4. The minimum absolute atomic E-state index is 0.0958. The number of phenolic OH excluding ortho intramolecular Hbond substituents is 1. The molecule has 25 heavy (non-hydrogen) atoms. The molecule has 2 aromatic rings. The average Bonchev–Trinajstić information content (AvgIpc) is 2.58. The predicted octanol–water partition coefficient (Wildman–Crippen LogP) is 0.773. The van der Waals surface area contributed by atoms with E-state index in [1.54, 1.807) is 43.3 Å². The number of benzene rings is 2. The molecule has 0 aliphatic rings. The summed E-state index contributed by atoms with van der Waals surface area (Å²) in [7, 11) is 0.0727. The van der Waals surface area contributed by atoms with Gasteiger partial charge in [-0.15, -0.1) is 0 Å². The molecule has 0 radical (unpaired) electrons. The molecular weight excluding hydrogens is 319 g/mol. The van der Waals surface area contributed by atoms with E-state index in [0.717, 1.165) is 5.56 Å². The van der Waals surface area contributed by atoms with E-state index in [4.69, 9.17) is 0 Å². The Labute approximate surface area is 147 Å². The van der Waals surface area contributed by atoms with Crippen LogP contribution >= 0.6 is 0 Å². The Hall–Kier alpha value is -2.35. The molecule has 0 spiro atoms. The lowest BCUT2D eigenvalue weighted by Gasteiger charge is -2.19. The maximum absolute atomic E-state index is 12.4. The van der Waals surface area contributed by atoms with Crippen LogP contribution in [0, 0.1) is 6.92 Å². The van der Waals surface area contributed by atoms with Gasteiger partial charge in [-0.2, -0.15) is 0 Å². The summed E-state index contributed by atoms with van der Waals surface area (Å²) >= 11 is 0. The highest BCUT2D eigenvalue weighted by Crippen LogP contribution is 2.23. The number of carbonyl (C=O) groups excluding carboxylic acids is 1. The maximum Gasteiger partial charge on any atom is 0.475 e. The van der Waals surface area contributed by atoms with E-state index in [-0.39, 0.29) is 12.2 Å². The van der Waals surface area contributed by atoms with Crippen LogP contribution < -0.4 is 10.6 Å². The predicted molar refractivity (Wildman–Crippen MR) is 97.2 cm³/mol. The van der Waals surface area contributed by atoms with Crippen LogP contribution in [0.4, 0.5) is 0 Å². The van der Waals surface area contributed by atoms with E-state index in [0.29, 0.717) is 23.2 Å². The summed E-state index contributed by atoms with van der Waals surface area (Å²) in [5.41, 5.74) is 2.62. The van der Waals surface area contributed by atoms with Crippen LogP contribution in [-0.2, 0) is 13.0 Å². The SMILES string of the molecule is CNCc1cccc(C(=O)N[C@@H](Cc2cccc(C)c2O)B(O)O)c1. The first kappa shape index (κ1) is 19.0. The van der Waals surface area contributed by atoms with Crippen LogP contribution in [0.1, 0.15) is 27.0 Å². The Morgan fingerprint density at radius 2 is 1.92 bits per heavy atom. The molecule has 0 unspecified atom stereocenters. The summed E-state index contributed by atoms with van der Waals surface area (Å²) in [6.45, 7) is 2.39. The third kappa shape index (κ3) is 5.06. The highest BCUT2D eigenvalue weighted by Gasteiger charge is 2.27. The van der Waals surface area contributed by atoms with Crippen LogP contribution in [0.3, 0.4) is 0 Å². The van der Waals surface area contributed by atoms with Crippen molar-refractivity contribution in [1.29, 1.82) is 0 Å². The van der Waals surface area contributed by atoms with Crippen molar-refractivity contribution in [2.45, 2.75) is 25.8 Å². The summed E-state index contributed by atoms with van der Waals surface area (Å²) in [6, 6.07) is 12.3. The molecular formula is C18H23BN2O4. The fourth-order valence-electron chi connectivity index (χ4n) is 2.63. The standard InChI is InChI=1S/C18H23BN2O4/c1-12-5-3-7-14(17(12)22)10-16(19(24)25)21-18(23)15-8-4-6-13(9-15)11-20-2/h3-9,16,20,22,24-25H,10-11H2,1-2H3,(H,21,23)/t16-/m0/s1.